The van der Waals surface area contributed by atoms with Crippen molar-refractivity contribution < 1.29 is 22.8 Å². The Bertz CT molecular complexity index is 1190. The fourth-order valence-corrected chi connectivity index (χ4v) is 3.31. The van der Waals surface area contributed by atoms with Crippen molar-refractivity contribution in [1.29, 1.82) is 0 Å². The van der Waals surface area contributed by atoms with Gasteiger partial charge in [0.05, 0.1) is 23.5 Å². The normalized spacial score (nSPS) is 11.9. The molecule has 1 heterocycles. The number of anilines is 1. The van der Waals surface area contributed by atoms with Gasteiger partial charge in [0.25, 0.3) is 5.91 Å². The zero-order valence-corrected chi connectivity index (χ0v) is 19.7. The number of aryl methyl sites for hydroxylation is 1. The van der Waals surface area contributed by atoms with Gasteiger partial charge in [-0.25, -0.2) is 4.68 Å². The van der Waals surface area contributed by atoms with Gasteiger partial charge in [-0.15, -0.1) is 0 Å². The number of likely N-dealkylation sites (N-methyl/N-ethyl adjacent to an activating group) is 1. The summed E-state index contributed by atoms with van der Waals surface area (Å²) in [4.78, 5) is 26.5. The van der Waals surface area contributed by atoms with E-state index in [-0.39, 0.29) is 17.5 Å². The van der Waals surface area contributed by atoms with Crippen molar-refractivity contribution >= 4 is 17.6 Å². The van der Waals surface area contributed by atoms with Crippen molar-refractivity contribution in [2.45, 2.75) is 39.3 Å². The maximum atomic E-state index is 12.8. The van der Waals surface area contributed by atoms with Gasteiger partial charge in [-0.05, 0) is 42.8 Å². The number of halogens is 3. The van der Waals surface area contributed by atoms with E-state index in [9.17, 15) is 22.8 Å². The van der Waals surface area contributed by atoms with Crippen LogP contribution in [-0.4, -0.2) is 40.1 Å². The van der Waals surface area contributed by atoms with Crippen molar-refractivity contribution in [3.63, 3.8) is 0 Å². The largest absolute Gasteiger partial charge is 0.416 e. The van der Waals surface area contributed by atoms with Crippen LogP contribution in [0.4, 0.5) is 19.0 Å². The van der Waals surface area contributed by atoms with Crippen molar-refractivity contribution in [3.05, 3.63) is 77.0 Å². The van der Waals surface area contributed by atoms with Crippen molar-refractivity contribution in [3.8, 4) is 5.69 Å². The van der Waals surface area contributed by atoms with Crippen molar-refractivity contribution in [2.75, 3.05) is 18.9 Å². The van der Waals surface area contributed by atoms with Crippen LogP contribution < -0.4 is 5.32 Å². The van der Waals surface area contributed by atoms with Crippen molar-refractivity contribution in [2.24, 2.45) is 0 Å². The number of alkyl halides is 3. The number of nitrogens with one attached hydrogen (secondary N) is 1. The number of para-hydroxylation sites is 1. The highest BCUT2D eigenvalue weighted by Crippen LogP contribution is 2.29. The lowest BCUT2D eigenvalue weighted by molar-refractivity contribution is -0.137. The van der Waals surface area contributed by atoms with Gasteiger partial charge in [-0.3, -0.25) is 9.59 Å². The van der Waals surface area contributed by atoms with Gasteiger partial charge in [0.15, 0.2) is 0 Å². The zero-order chi connectivity index (χ0) is 25.3. The molecule has 0 unspecified atom stereocenters. The van der Waals surface area contributed by atoms with Gasteiger partial charge in [0, 0.05) is 24.1 Å². The molecule has 9 heteroatoms. The summed E-state index contributed by atoms with van der Waals surface area (Å²) in [6, 6.07) is 13.3. The number of hydrogen-bond acceptors (Lipinski definition) is 3. The van der Waals surface area contributed by atoms with E-state index in [2.05, 4.69) is 10.4 Å². The maximum absolute atomic E-state index is 12.8. The average molecular weight is 473 g/mol. The molecule has 180 valence electrons. The lowest BCUT2D eigenvalue weighted by Gasteiger charge is -2.18. The van der Waals surface area contributed by atoms with Crippen LogP contribution in [0.15, 0.2) is 54.6 Å². The first kappa shape index (κ1) is 25.0. The van der Waals surface area contributed by atoms with Crippen LogP contribution in [-0.2, 0) is 16.4 Å². The first-order chi connectivity index (χ1) is 15.8. The van der Waals surface area contributed by atoms with Gasteiger partial charge >= 0.3 is 6.18 Å². The number of benzene rings is 2. The molecule has 0 bridgehead atoms. The molecule has 0 spiro atoms. The van der Waals surface area contributed by atoms with Crippen molar-refractivity contribution in [1.82, 2.24) is 14.7 Å². The first-order valence-electron chi connectivity index (χ1n) is 10.7. The second-order valence-corrected chi connectivity index (χ2v) is 9.15. The van der Waals surface area contributed by atoms with Crippen LogP contribution >= 0.6 is 0 Å². The molecule has 0 aliphatic heterocycles. The minimum atomic E-state index is -4.49. The number of aromatic nitrogens is 2. The molecule has 0 radical (unpaired) electrons. The van der Waals surface area contributed by atoms with Crippen LogP contribution in [0.5, 0.6) is 0 Å². The Morgan fingerprint density at radius 2 is 1.65 bits per heavy atom. The predicted octanol–water partition coefficient (Wildman–Crippen LogP) is 5.21. The number of amides is 2. The monoisotopic (exact) mass is 472 g/mol. The fourth-order valence-electron chi connectivity index (χ4n) is 3.31. The van der Waals surface area contributed by atoms with Gasteiger partial charge in [-0.1, -0.05) is 39.0 Å². The van der Waals surface area contributed by atoms with Crippen LogP contribution in [0, 0.1) is 6.92 Å². The average Bonchev–Trinajstić information content (AvgIpc) is 3.16. The lowest BCUT2D eigenvalue weighted by Crippen LogP contribution is -2.35. The second kappa shape index (κ2) is 9.32. The molecular weight excluding hydrogens is 445 g/mol. The summed E-state index contributed by atoms with van der Waals surface area (Å²) in [5.41, 5.74) is 1.51. The molecule has 34 heavy (non-hydrogen) atoms. The molecule has 0 saturated heterocycles. The zero-order valence-electron chi connectivity index (χ0n) is 19.7. The fraction of sp³-hybridized carbons (Fsp3) is 0.320. The number of carbonyl (C=O) groups excluding carboxylic acids is 2. The van der Waals surface area contributed by atoms with Crippen LogP contribution in [0.2, 0.25) is 0 Å². The van der Waals surface area contributed by atoms with E-state index in [0.29, 0.717) is 5.82 Å². The first-order valence-corrected chi connectivity index (χ1v) is 10.7. The molecular formula is C25H27F3N4O2. The third-order valence-electron chi connectivity index (χ3n) is 5.28. The molecule has 0 fully saturated rings. The van der Waals surface area contributed by atoms with E-state index in [0.717, 1.165) is 46.1 Å². The standard InChI is InChI=1S/C25H27F3N4O2/c1-16-8-6-7-9-19(16)32-21(14-20(30-32)24(2,3)4)29-22(33)15-31(5)23(34)17-10-12-18(13-11-17)25(26,27)28/h6-14H,15H2,1-5H3,(H,29,33). The molecule has 0 aliphatic rings. The maximum Gasteiger partial charge on any atom is 0.416 e. The topological polar surface area (TPSA) is 67.2 Å². The molecule has 2 amide bonds. The summed E-state index contributed by atoms with van der Waals surface area (Å²) in [6.45, 7) is 7.69. The third-order valence-corrected chi connectivity index (χ3v) is 5.28. The van der Waals surface area contributed by atoms with E-state index in [1.165, 1.54) is 7.05 Å². The van der Waals surface area contributed by atoms with E-state index in [4.69, 9.17) is 0 Å². The Hall–Kier alpha value is -3.62. The Morgan fingerprint density at radius 3 is 2.21 bits per heavy atom. The molecule has 0 atom stereocenters. The number of hydrogen-bond donors (Lipinski definition) is 1. The van der Waals surface area contributed by atoms with Crippen LogP contribution in [0.3, 0.4) is 0 Å². The highest BCUT2D eigenvalue weighted by atomic mass is 19.4. The number of rotatable bonds is 5. The molecule has 0 saturated carbocycles. The van der Waals surface area contributed by atoms with E-state index < -0.39 is 23.6 Å². The second-order valence-electron chi connectivity index (χ2n) is 9.15. The minimum absolute atomic E-state index is 0.0586. The van der Waals surface area contributed by atoms with Gasteiger partial charge in [0.1, 0.15) is 5.82 Å². The highest BCUT2D eigenvalue weighted by Gasteiger charge is 2.30. The summed E-state index contributed by atoms with van der Waals surface area (Å²) in [7, 11) is 1.42. The van der Waals surface area contributed by atoms with E-state index in [1.54, 1.807) is 10.7 Å². The Morgan fingerprint density at radius 1 is 1.03 bits per heavy atom. The minimum Gasteiger partial charge on any atom is -0.332 e. The van der Waals surface area contributed by atoms with Crippen LogP contribution in [0.1, 0.15) is 48.0 Å². The molecule has 3 aromatic rings. The molecule has 2 aromatic carbocycles. The SMILES string of the molecule is Cc1ccccc1-n1nc(C(C)(C)C)cc1NC(=O)CN(C)C(=O)c1ccc(C(F)(F)F)cc1. The Labute approximate surface area is 196 Å². The third kappa shape index (κ3) is 5.65. The van der Waals surface area contributed by atoms with Gasteiger partial charge in [0.2, 0.25) is 5.91 Å². The lowest BCUT2D eigenvalue weighted by atomic mass is 9.92. The molecule has 3 rings (SSSR count). The summed E-state index contributed by atoms with van der Waals surface area (Å²) >= 11 is 0. The van der Waals surface area contributed by atoms with E-state index >= 15 is 0 Å². The van der Waals surface area contributed by atoms with Gasteiger partial charge in [-0.2, -0.15) is 18.3 Å². The van der Waals surface area contributed by atoms with E-state index in [1.807, 2.05) is 52.0 Å². The summed E-state index contributed by atoms with van der Waals surface area (Å²) < 4.78 is 39.9. The van der Waals surface area contributed by atoms with Gasteiger partial charge < -0.3 is 10.2 Å². The summed E-state index contributed by atoms with van der Waals surface area (Å²) in [6.07, 6.45) is -4.49. The quantitative estimate of drug-likeness (QED) is 0.555. The molecule has 1 N–H and O–H groups in total. The molecule has 0 aliphatic carbocycles. The summed E-state index contributed by atoms with van der Waals surface area (Å²) in [5, 5.41) is 7.50. The predicted molar refractivity (Wildman–Crippen MR) is 124 cm³/mol. The number of nitrogens with zero attached hydrogens (tertiary/aromatic N) is 3. The summed E-state index contributed by atoms with van der Waals surface area (Å²) in [5.74, 6) is -0.566. The Balaban J connectivity index is 1.78. The molecule has 1 aromatic heterocycles. The smallest absolute Gasteiger partial charge is 0.332 e. The number of carbonyl (C=O) groups is 2. The highest BCUT2D eigenvalue weighted by molar-refractivity contribution is 5.99. The molecule has 6 nitrogen and oxygen atoms in total. The van der Waals surface area contributed by atoms with Crippen LogP contribution in [0.25, 0.3) is 5.69 Å². The Kier molecular flexibility index (Phi) is 6.86.